The van der Waals surface area contributed by atoms with Gasteiger partial charge >= 0.3 is 6.18 Å². The lowest BCUT2D eigenvalue weighted by Crippen LogP contribution is -2.28. The maximum Gasteiger partial charge on any atom is 0.415 e. The normalized spacial score (nSPS) is 12.8. The molecule has 1 aromatic carbocycles. The van der Waals surface area contributed by atoms with Crippen molar-refractivity contribution in [3.63, 3.8) is 0 Å². The minimum Gasteiger partial charge on any atom is -0.366 e. The van der Waals surface area contributed by atoms with Gasteiger partial charge in [-0.1, -0.05) is 12.1 Å². The summed E-state index contributed by atoms with van der Waals surface area (Å²) in [7, 11) is 0. The van der Waals surface area contributed by atoms with Gasteiger partial charge in [-0.3, -0.25) is 9.67 Å². The summed E-state index contributed by atoms with van der Waals surface area (Å²) >= 11 is 0. The van der Waals surface area contributed by atoms with Crippen molar-refractivity contribution in [3.8, 4) is 22.5 Å². The molecule has 0 spiro atoms. The number of fused-ring (bicyclic) bond motifs is 1. The summed E-state index contributed by atoms with van der Waals surface area (Å²) in [6.45, 7) is 0. The molecular formula is C21H14F4N8. The number of pyridine rings is 1. The predicted octanol–water partition coefficient (Wildman–Crippen LogP) is 3.92. The Bertz CT molecular complexity index is 1440. The lowest BCUT2D eigenvalue weighted by Gasteiger charge is -2.21. The molecule has 0 aliphatic carbocycles. The molecule has 0 saturated heterocycles. The predicted molar refractivity (Wildman–Crippen MR) is 110 cm³/mol. The zero-order valence-electron chi connectivity index (χ0n) is 16.6. The highest BCUT2D eigenvalue weighted by atomic mass is 19.4. The molecule has 0 radical (unpaired) electrons. The van der Waals surface area contributed by atoms with Gasteiger partial charge in [-0.15, -0.1) is 5.10 Å². The fraction of sp³-hybridized carbons (Fsp3) is 0.0952. The molecule has 4 aromatic heterocycles. The molecule has 1 unspecified atom stereocenters. The molecule has 166 valence electrons. The first-order valence-corrected chi connectivity index (χ1v) is 9.59. The molecule has 0 fully saturated rings. The van der Waals surface area contributed by atoms with Crippen LogP contribution < -0.4 is 5.73 Å². The van der Waals surface area contributed by atoms with E-state index in [2.05, 4.69) is 25.1 Å². The molecule has 0 amide bonds. The van der Waals surface area contributed by atoms with Crippen molar-refractivity contribution in [3.05, 3.63) is 78.8 Å². The summed E-state index contributed by atoms with van der Waals surface area (Å²) < 4.78 is 56.9. The third-order valence-corrected chi connectivity index (χ3v) is 4.94. The van der Waals surface area contributed by atoms with Crippen LogP contribution in [-0.2, 0) is 0 Å². The first kappa shape index (κ1) is 20.5. The molecular weight excluding hydrogens is 440 g/mol. The largest absolute Gasteiger partial charge is 0.415 e. The van der Waals surface area contributed by atoms with Crippen LogP contribution in [0.2, 0.25) is 0 Å². The smallest absolute Gasteiger partial charge is 0.366 e. The van der Waals surface area contributed by atoms with E-state index in [-0.39, 0.29) is 11.5 Å². The molecule has 0 aliphatic rings. The molecule has 2 N–H and O–H groups in total. The van der Waals surface area contributed by atoms with E-state index in [4.69, 9.17) is 5.73 Å². The molecule has 0 bridgehead atoms. The van der Waals surface area contributed by atoms with Crippen LogP contribution in [-0.4, -0.2) is 40.5 Å². The third kappa shape index (κ3) is 3.97. The van der Waals surface area contributed by atoms with Gasteiger partial charge in [-0.05, 0) is 29.8 Å². The number of hydrogen-bond acceptors (Lipinski definition) is 6. The SMILES string of the molecule is Nc1nc2cc(-c3cncc(-c4cnn(C(c5ccc(F)cc5)C(F)(F)F)c4)n3)ccn2n1. The number of anilines is 1. The Morgan fingerprint density at radius 1 is 0.909 bits per heavy atom. The Morgan fingerprint density at radius 3 is 2.36 bits per heavy atom. The Balaban J connectivity index is 1.50. The summed E-state index contributed by atoms with van der Waals surface area (Å²) in [4.78, 5) is 12.8. The zero-order chi connectivity index (χ0) is 23.2. The summed E-state index contributed by atoms with van der Waals surface area (Å²) in [5, 5.41) is 7.91. The second-order valence-corrected chi connectivity index (χ2v) is 7.18. The highest BCUT2D eigenvalue weighted by molar-refractivity contribution is 5.66. The number of benzene rings is 1. The van der Waals surface area contributed by atoms with Crippen LogP contribution in [0.3, 0.4) is 0 Å². The molecule has 33 heavy (non-hydrogen) atoms. The monoisotopic (exact) mass is 454 g/mol. The zero-order valence-corrected chi connectivity index (χ0v) is 16.6. The van der Waals surface area contributed by atoms with Crippen LogP contribution in [0.5, 0.6) is 0 Å². The lowest BCUT2D eigenvalue weighted by atomic mass is 10.1. The van der Waals surface area contributed by atoms with E-state index < -0.39 is 18.0 Å². The van der Waals surface area contributed by atoms with Gasteiger partial charge < -0.3 is 5.73 Å². The number of nitrogens with two attached hydrogens (primary N) is 1. The van der Waals surface area contributed by atoms with Crippen molar-refractivity contribution < 1.29 is 17.6 Å². The second-order valence-electron chi connectivity index (χ2n) is 7.18. The Morgan fingerprint density at radius 2 is 1.64 bits per heavy atom. The van der Waals surface area contributed by atoms with Gasteiger partial charge in [0, 0.05) is 23.5 Å². The van der Waals surface area contributed by atoms with Crippen LogP contribution in [0.1, 0.15) is 11.6 Å². The van der Waals surface area contributed by atoms with Crippen molar-refractivity contribution in [2.45, 2.75) is 12.2 Å². The topological polar surface area (TPSA) is 99.8 Å². The van der Waals surface area contributed by atoms with Crippen molar-refractivity contribution in [1.82, 2.24) is 34.3 Å². The summed E-state index contributed by atoms with van der Waals surface area (Å²) in [6.07, 6.45) is 2.48. The summed E-state index contributed by atoms with van der Waals surface area (Å²) in [5.74, 6) is -0.500. The maximum absolute atomic E-state index is 13.8. The number of aromatic nitrogens is 7. The minimum absolute atomic E-state index is 0.125. The maximum atomic E-state index is 13.8. The van der Waals surface area contributed by atoms with E-state index in [0.29, 0.717) is 28.2 Å². The molecule has 0 aliphatic heterocycles. The average Bonchev–Trinajstić information content (AvgIpc) is 3.40. The average molecular weight is 454 g/mol. The molecule has 1 atom stereocenters. The molecule has 8 nitrogen and oxygen atoms in total. The fourth-order valence-electron chi connectivity index (χ4n) is 3.45. The summed E-state index contributed by atoms with van der Waals surface area (Å²) in [5.41, 5.74) is 7.81. The highest BCUT2D eigenvalue weighted by Gasteiger charge is 2.43. The first-order valence-electron chi connectivity index (χ1n) is 9.59. The number of nitrogen functional groups attached to an aromatic ring is 1. The first-order chi connectivity index (χ1) is 15.8. The van der Waals surface area contributed by atoms with Crippen LogP contribution in [0.15, 0.2) is 67.4 Å². The number of halogens is 4. The van der Waals surface area contributed by atoms with Gasteiger partial charge in [0.15, 0.2) is 11.7 Å². The minimum atomic E-state index is -4.65. The number of nitrogens with zero attached hydrogens (tertiary/aromatic N) is 7. The van der Waals surface area contributed by atoms with Gasteiger partial charge in [0.25, 0.3) is 0 Å². The summed E-state index contributed by atoms with van der Waals surface area (Å²) in [6, 6.07) is 5.51. The van der Waals surface area contributed by atoms with Gasteiger partial charge in [-0.2, -0.15) is 23.3 Å². The van der Waals surface area contributed by atoms with Crippen LogP contribution >= 0.6 is 0 Å². The van der Waals surface area contributed by atoms with Crippen LogP contribution in [0.4, 0.5) is 23.5 Å². The molecule has 12 heteroatoms. The number of hydrogen-bond donors (Lipinski definition) is 1. The van der Waals surface area contributed by atoms with E-state index in [1.807, 2.05) is 0 Å². The van der Waals surface area contributed by atoms with Gasteiger partial charge in [-0.25, -0.2) is 13.9 Å². The van der Waals surface area contributed by atoms with E-state index in [1.54, 1.807) is 18.3 Å². The number of alkyl halides is 3. The van der Waals surface area contributed by atoms with Gasteiger partial charge in [0.1, 0.15) is 5.82 Å². The Kier molecular flexibility index (Phi) is 4.77. The Labute approximate surface area is 183 Å². The second kappa shape index (κ2) is 7.65. The van der Waals surface area contributed by atoms with Gasteiger partial charge in [0.2, 0.25) is 5.95 Å². The fourth-order valence-corrected chi connectivity index (χ4v) is 3.45. The third-order valence-electron chi connectivity index (χ3n) is 4.94. The highest BCUT2D eigenvalue weighted by Crippen LogP contribution is 2.36. The van der Waals surface area contributed by atoms with Gasteiger partial charge in [0.05, 0.1) is 30.0 Å². The Hall–Kier alpha value is -4.35. The molecule has 5 aromatic rings. The van der Waals surface area contributed by atoms with E-state index in [0.717, 1.165) is 28.9 Å². The molecule has 4 heterocycles. The van der Waals surface area contributed by atoms with E-state index >= 15 is 0 Å². The van der Waals surface area contributed by atoms with Crippen molar-refractivity contribution >= 4 is 11.6 Å². The standard InChI is InChI=1S/C21H14F4N8/c22-15-3-1-12(2-4-15)19(21(23,24)25)33-11-14(8-28-33)17-10-27-9-16(29-17)13-5-6-32-18(7-13)30-20(26)31-32/h1-11,19H,(H2,26,31). The lowest BCUT2D eigenvalue weighted by molar-refractivity contribution is -0.159. The van der Waals surface area contributed by atoms with Crippen molar-refractivity contribution in [1.29, 1.82) is 0 Å². The van der Waals surface area contributed by atoms with Crippen LogP contribution in [0, 0.1) is 5.82 Å². The van der Waals surface area contributed by atoms with Crippen molar-refractivity contribution in [2.24, 2.45) is 0 Å². The van der Waals surface area contributed by atoms with Crippen LogP contribution in [0.25, 0.3) is 28.2 Å². The van der Waals surface area contributed by atoms with E-state index in [1.165, 1.54) is 29.3 Å². The molecule has 5 rings (SSSR count). The quantitative estimate of drug-likeness (QED) is 0.413. The van der Waals surface area contributed by atoms with E-state index in [9.17, 15) is 17.6 Å². The number of rotatable bonds is 4. The van der Waals surface area contributed by atoms with Crippen molar-refractivity contribution in [2.75, 3.05) is 5.73 Å². The molecule has 0 saturated carbocycles.